The number of likely N-dealkylation sites (tertiary alicyclic amines) is 1. The van der Waals surface area contributed by atoms with Crippen LogP contribution in [0.5, 0.6) is 0 Å². The van der Waals surface area contributed by atoms with Crippen LogP contribution in [0, 0.1) is 6.92 Å². The molecular weight excluding hydrogens is 362 g/mol. The third-order valence-electron chi connectivity index (χ3n) is 4.69. The predicted molar refractivity (Wildman–Crippen MR) is 101 cm³/mol. The molecule has 6 nitrogen and oxygen atoms in total. The van der Waals surface area contributed by atoms with Crippen LogP contribution in [-0.2, 0) is 9.53 Å². The number of hydrogen-bond acceptors (Lipinski definition) is 5. The Kier molecular flexibility index (Phi) is 7.25. The summed E-state index contributed by atoms with van der Waals surface area (Å²) in [4.78, 5) is 28.6. The molecule has 1 aromatic rings. The molecule has 2 atom stereocenters. The van der Waals surface area contributed by atoms with Crippen molar-refractivity contribution in [2.45, 2.75) is 44.9 Å². The Bertz CT molecular complexity index is 602. The van der Waals surface area contributed by atoms with Crippen molar-refractivity contribution in [1.29, 1.82) is 0 Å². The lowest BCUT2D eigenvalue weighted by molar-refractivity contribution is -0.140. The molecule has 25 heavy (non-hydrogen) atoms. The van der Waals surface area contributed by atoms with E-state index in [1.165, 1.54) is 11.3 Å². The fourth-order valence-electron chi connectivity index (χ4n) is 3.26. The van der Waals surface area contributed by atoms with E-state index in [9.17, 15) is 9.59 Å². The fraction of sp³-hybridized carbons (Fsp3) is 0.647. The van der Waals surface area contributed by atoms with Crippen molar-refractivity contribution in [3.8, 4) is 0 Å². The van der Waals surface area contributed by atoms with Crippen LogP contribution in [0.3, 0.4) is 0 Å². The summed E-state index contributed by atoms with van der Waals surface area (Å²) in [5, 5.41) is 6.34. The predicted octanol–water partition coefficient (Wildman–Crippen LogP) is 1.58. The summed E-state index contributed by atoms with van der Waals surface area (Å²) < 4.78 is 5.56. The quantitative estimate of drug-likeness (QED) is 0.826. The summed E-state index contributed by atoms with van der Waals surface area (Å²) in [5.41, 5.74) is 0. The minimum Gasteiger partial charge on any atom is -0.375 e. The van der Waals surface area contributed by atoms with Gasteiger partial charge in [-0.15, -0.1) is 23.7 Å². The summed E-state index contributed by atoms with van der Waals surface area (Å²) in [7, 11) is 0. The van der Waals surface area contributed by atoms with Crippen LogP contribution in [-0.4, -0.2) is 61.1 Å². The Hall–Kier alpha value is -1.15. The molecule has 140 valence electrons. The van der Waals surface area contributed by atoms with Crippen molar-refractivity contribution >= 4 is 35.6 Å². The van der Waals surface area contributed by atoms with Crippen molar-refractivity contribution in [2.24, 2.45) is 0 Å². The number of hydrogen-bond donors (Lipinski definition) is 2. The van der Waals surface area contributed by atoms with E-state index in [1.54, 1.807) is 0 Å². The average molecular weight is 388 g/mol. The lowest BCUT2D eigenvalue weighted by Crippen LogP contribution is -2.58. The normalized spacial score (nSPS) is 24.5. The maximum absolute atomic E-state index is 12.6. The van der Waals surface area contributed by atoms with Crippen LogP contribution in [0.2, 0.25) is 0 Å². The zero-order valence-corrected chi connectivity index (χ0v) is 16.3. The molecule has 2 saturated heterocycles. The second-order valence-corrected chi connectivity index (χ2v) is 7.78. The number of piperidine rings is 1. The van der Waals surface area contributed by atoms with E-state index in [-0.39, 0.29) is 42.4 Å². The molecule has 0 bridgehead atoms. The van der Waals surface area contributed by atoms with Gasteiger partial charge in [0.15, 0.2) is 0 Å². The zero-order chi connectivity index (χ0) is 17.1. The molecule has 3 heterocycles. The minimum atomic E-state index is -0.251. The summed E-state index contributed by atoms with van der Waals surface area (Å²) >= 11 is 1.51. The second kappa shape index (κ2) is 8.98. The monoisotopic (exact) mass is 387 g/mol. The first-order valence-electron chi connectivity index (χ1n) is 8.55. The van der Waals surface area contributed by atoms with E-state index in [2.05, 4.69) is 10.6 Å². The van der Waals surface area contributed by atoms with Crippen molar-refractivity contribution in [2.75, 3.05) is 26.2 Å². The van der Waals surface area contributed by atoms with E-state index in [1.807, 2.05) is 30.9 Å². The second-order valence-electron chi connectivity index (χ2n) is 6.49. The molecule has 3 rings (SSSR count). The van der Waals surface area contributed by atoms with E-state index < -0.39 is 0 Å². The number of nitrogens with zero attached hydrogens (tertiary/aromatic N) is 1. The first kappa shape index (κ1) is 20.2. The molecule has 0 aliphatic carbocycles. The molecule has 0 spiro atoms. The third kappa shape index (κ3) is 4.94. The lowest BCUT2D eigenvalue weighted by Gasteiger charge is -2.37. The largest absolute Gasteiger partial charge is 0.375 e. The van der Waals surface area contributed by atoms with Crippen molar-refractivity contribution in [1.82, 2.24) is 15.5 Å². The highest BCUT2D eigenvalue weighted by atomic mass is 35.5. The molecular formula is C17H26ClN3O3S. The Balaban J connectivity index is 0.00000225. The van der Waals surface area contributed by atoms with E-state index in [0.717, 1.165) is 22.6 Å². The first-order valence-corrected chi connectivity index (χ1v) is 9.37. The fourth-order valence-corrected chi connectivity index (χ4v) is 4.03. The Labute approximate surface area is 158 Å². The SMILES string of the molecule is Cc1ccc(C(=O)NC2CCN(C(=O)[C@H]3NCCO[C@@H]3C)CC2)s1.Cl. The highest BCUT2D eigenvalue weighted by molar-refractivity contribution is 7.13. The van der Waals surface area contributed by atoms with E-state index in [4.69, 9.17) is 4.74 Å². The average Bonchev–Trinajstić information content (AvgIpc) is 3.02. The molecule has 1 aromatic heterocycles. The maximum atomic E-state index is 12.6. The van der Waals surface area contributed by atoms with Gasteiger partial charge in [-0.2, -0.15) is 0 Å². The maximum Gasteiger partial charge on any atom is 0.261 e. The number of aryl methyl sites for hydroxylation is 1. The van der Waals surface area contributed by atoms with Crippen LogP contribution in [0.25, 0.3) is 0 Å². The van der Waals surface area contributed by atoms with Gasteiger partial charge in [0.25, 0.3) is 5.91 Å². The topological polar surface area (TPSA) is 70.7 Å². The molecule has 2 N–H and O–H groups in total. The Morgan fingerprint density at radius 3 is 2.64 bits per heavy atom. The van der Waals surface area contributed by atoms with Crippen molar-refractivity contribution in [3.05, 3.63) is 21.9 Å². The molecule has 2 amide bonds. The van der Waals surface area contributed by atoms with Crippen LogP contribution in [0.4, 0.5) is 0 Å². The Morgan fingerprint density at radius 2 is 2.04 bits per heavy atom. The summed E-state index contributed by atoms with van der Waals surface area (Å²) in [5.74, 6) is 0.106. The molecule has 8 heteroatoms. The smallest absolute Gasteiger partial charge is 0.261 e. The van der Waals surface area contributed by atoms with Gasteiger partial charge in [0.05, 0.1) is 17.6 Å². The minimum absolute atomic E-state index is 0. The van der Waals surface area contributed by atoms with Gasteiger partial charge in [-0.25, -0.2) is 0 Å². The number of carbonyl (C=O) groups excluding carboxylic acids is 2. The van der Waals surface area contributed by atoms with Crippen LogP contribution in [0.15, 0.2) is 12.1 Å². The van der Waals surface area contributed by atoms with E-state index in [0.29, 0.717) is 26.2 Å². The molecule has 2 aliphatic heterocycles. The van der Waals surface area contributed by atoms with Gasteiger partial charge in [-0.1, -0.05) is 0 Å². The Morgan fingerprint density at radius 1 is 1.32 bits per heavy atom. The molecule has 0 unspecified atom stereocenters. The number of halogens is 1. The van der Waals surface area contributed by atoms with Crippen molar-refractivity contribution in [3.63, 3.8) is 0 Å². The lowest BCUT2D eigenvalue weighted by atomic mass is 10.0. The highest BCUT2D eigenvalue weighted by Gasteiger charge is 2.33. The molecule has 0 aromatic carbocycles. The third-order valence-corrected chi connectivity index (χ3v) is 5.69. The number of rotatable bonds is 3. The standard InChI is InChI=1S/C17H25N3O3S.ClH/c1-11-3-4-14(24-11)16(21)19-13-5-8-20(9-6-13)17(22)15-12(2)23-10-7-18-15;/h3-4,12-13,15,18H,5-10H2,1-2H3,(H,19,21);1H/t12-,15+;/m1./s1. The summed E-state index contributed by atoms with van der Waals surface area (Å²) in [6.45, 7) is 6.66. The van der Waals surface area contributed by atoms with Gasteiger partial charge in [0.1, 0.15) is 6.04 Å². The molecule has 0 saturated carbocycles. The number of nitrogens with one attached hydrogen (secondary N) is 2. The van der Waals surface area contributed by atoms with Gasteiger partial charge in [-0.3, -0.25) is 9.59 Å². The van der Waals surface area contributed by atoms with Crippen LogP contribution >= 0.6 is 23.7 Å². The summed E-state index contributed by atoms with van der Waals surface area (Å²) in [6, 6.07) is 3.71. The van der Waals surface area contributed by atoms with Crippen LogP contribution in [0.1, 0.15) is 34.3 Å². The molecule has 2 fully saturated rings. The van der Waals surface area contributed by atoms with Gasteiger partial charge in [0.2, 0.25) is 5.91 Å². The van der Waals surface area contributed by atoms with Crippen LogP contribution < -0.4 is 10.6 Å². The van der Waals surface area contributed by atoms with Crippen molar-refractivity contribution < 1.29 is 14.3 Å². The zero-order valence-electron chi connectivity index (χ0n) is 14.6. The molecule has 2 aliphatic rings. The van der Waals surface area contributed by atoms with Gasteiger partial charge in [-0.05, 0) is 38.8 Å². The van der Waals surface area contributed by atoms with Gasteiger partial charge < -0.3 is 20.3 Å². The molecule has 0 radical (unpaired) electrons. The number of amides is 2. The van der Waals surface area contributed by atoms with E-state index >= 15 is 0 Å². The first-order chi connectivity index (χ1) is 11.5. The number of ether oxygens (including phenoxy) is 1. The number of thiophene rings is 1. The highest BCUT2D eigenvalue weighted by Crippen LogP contribution is 2.18. The summed E-state index contributed by atoms with van der Waals surface area (Å²) in [6.07, 6.45) is 1.50. The van der Waals surface area contributed by atoms with Gasteiger partial charge in [0, 0.05) is 30.6 Å². The number of morpholine rings is 1. The number of carbonyl (C=O) groups is 2. The van der Waals surface area contributed by atoms with Gasteiger partial charge >= 0.3 is 0 Å².